The van der Waals surface area contributed by atoms with Gasteiger partial charge in [0, 0.05) is 43.8 Å². The zero-order valence-electron chi connectivity index (χ0n) is 11.5. The highest BCUT2D eigenvalue weighted by Gasteiger charge is 2.26. The third-order valence-electron chi connectivity index (χ3n) is 3.74. The van der Waals surface area contributed by atoms with Crippen LogP contribution in [0.5, 0.6) is 0 Å². The minimum absolute atomic E-state index is 0.458. The first-order valence-corrected chi connectivity index (χ1v) is 6.70. The van der Waals surface area contributed by atoms with Gasteiger partial charge in [0.2, 0.25) is 0 Å². The van der Waals surface area contributed by atoms with Crippen LogP contribution in [0.15, 0.2) is 24.7 Å². The summed E-state index contributed by atoms with van der Waals surface area (Å²) in [5.41, 5.74) is 1.05. The van der Waals surface area contributed by atoms with Gasteiger partial charge in [-0.3, -0.25) is 4.90 Å². The van der Waals surface area contributed by atoms with Gasteiger partial charge in [-0.25, -0.2) is 15.0 Å². The Kier molecular flexibility index (Phi) is 3.29. The van der Waals surface area contributed by atoms with Crippen LogP contribution in [-0.4, -0.2) is 37.5 Å². The van der Waals surface area contributed by atoms with Gasteiger partial charge in [-0.05, 0) is 26.0 Å². The molecular formula is C14H19N5. The van der Waals surface area contributed by atoms with E-state index in [1.807, 2.05) is 38.6 Å². The number of nitrogens with zero attached hydrogens (tertiary/aromatic N) is 5. The van der Waals surface area contributed by atoms with Crippen molar-refractivity contribution >= 4 is 0 Å². The van der Waals surface area contributed by atoms with Gasteiger partial charge in [-0.15, -0.1) is 0 Å². The van der Waals surface area contributed by atoms with Gasteiger partial charge in [0.1, 0.15) is 11.6 Å². The largest absolute Gasteiger partial charge is 0.337 e. The molecule has 0 unspecified atom stereocenters. The number of likely N-dealkylation sites (tertiary alicyclic amines) is 1. The van der Waals surface area contributed by atoms with Crippen molar-refractivity contribution in [1.29, 1.82) is 0 Å². The zero-order valence-corrected chi connectivity index (χ0v) is 11.5. The maximum absolute atomic E-state index is 4.55. The zero-order chi connectivity index (χ0) is 13.2. The molecule has 0 spiro atoms. The van der Waals surface area contributed by atoms with E-state index in [9.17, 15) is 0 Å². The highest BCUT2D eigenvalue weighted by atomic mass is 15.2. The van der Waals surface area contributed by atoms with Gasteiger partial charge >= 0.3 is 0 Å². The quantitative estimate of drug-likeness (QED) is 0.836. The van der Waals surface area contributed by atoms with Crippen LogP contribution in [-0.2, 0) is 13.6 Å². The number of aromatic nitrogens is 4. The summed E-state index contributed by atoms with van der Waals surface area (Å²) in [5.74, 6) is 2.56. The highest BCUT2D eigenvalue weighted by Crippen LogP contribution is 2.25. The number of hydrogen-bond donors (Lipinski definition) is 0. The molecule has 1 atom stereocenters. The van der Waals surface area contributed by atoms with Gasteiger partial charge < -0.3 is 4.57 Å². The van der Waals surface area contributed by atoms with Crippen molar-refractivity contribution < 1.29 is 0 Å². The molecule has 0 N–H and O–H groups in total. The van der Waals surface area contributed by atoms with Crippen LogP contribution in [0.2, 0.25) is 0 Å². The lowest BCUT2D eigenvalue weighted by Gasteiger charge is -2.15. The number of aryl methyl sites for hydroxylation is 2. The van der Waals surface area contributed by atoms with E-state index in [1.54, 1.807) is 0 Å². The van der Waals surface area contributed by atoms with Crippen LogP contribution in [0.25, 0.3) is 0 Å². The molecule has 5 nitrogen and oxygen atoms in total. The van der Waals surface area contributed by atoms with Crippen LogP contribution >= 0.6 is 0 Å². The van der Waals surface area contributed by atoms with Gasteiger partial charge in [-0.1, -0.05) is 0 Å². The second-order valence-corrected chi connectivity index (χ2v) is 5.23. The van der Waals surface area contributed by atoms with Crippen molar-refractivity contribution in [2.75, 3.05) is 13.1 Å². The van der Waals surface area contributed by atoms with Crippen LogP contribution in [0, 0.1) is 6.92 Å². The van der Waals surface area contributed by atoms with E-state index in [4.69, 9.17) is 0 Å². The van der Waals surface area contributed by atoms with E-state index in [-0.39, 0.29) is 0 Å². The molecular weight excluding hydrogens is 238 g/mol. The van der Waals surface area contributed by atoms with Crippen molar-refractivity contribution in [2.45, 2.75) is 25.8 Å². The average Bonchev–Trinajstić information content (AvgIpc) is 3.00. The number of rotatable bonds is 3. The van der Waals surface area contributed by atoms with Crippen molar-refractivity contribution in [1.82, 2.24) is 24.4 Å². The summed E-state index contributed by atoms with van der Waals surface area (Å²) in [6.45, 7) is 5.04. The molecule has 0 aliphatic carbocycles. The van der Waals surface area contributed by atoms with E-state index in [0.29, 0.717) is 5.92 Å². The molecule has 2 aromatic rings. The Balaban J connectivity index is 1.66. The van der Waals surface area contributed by atoms with Crippen molar-refractivity contribution in [3.05, 3.63) is 42.0 Å². The van der Waals surface area contributed by atoms with Crippen LogP contribution in [0.3, 0.4) is 0 Å². The smallest absolute Gasteiger partial charge is 0.132 e. The predicted octanol–water partition coefficient (Wildman–Crippen LogP) is 1.51. The summed E-state index contributed by atoms with van der Waals surface area (Å²) in [5, 5.41) is 0. The third kappa shape index (κ3) is 2.66. The van der Waals surface area contributed by atoms with Gasteiger partial charge in [-0.2, -0.15) is 0 Å². The molecule has 5 heteroatoms. The Labute approximate surface area is 113 Å². The number of imidazole rings is 1. The fourth-order valence-electron chi connectivity index (χ4n) is 2.60. The molecule has 1 saturated heterocycles. The molecule has 1 fully saturated rings. The van der Waals surface area contributed by atoms with E-state index in [1.165, 1.54) is 0 Å². The normalized spacial score (nSPS) is 20.0. The summed E-state index contributed by atoms with van der Waals surface area (Å²) >= 11 is 0. The maximum Gasteiger partial charge on any atom is 0.132 e. The van der Waals surface area contributed by atoms with Crippen molar-refractivity contribution in [3.63, 3.8) is 0 Å². The minimum Gasteiger partial charge on any atom is -0.337 e. The Hall–Kier alpha value is -1.75. The van der Waals surface area contributed by atoms with Crippen LogP contribution < -0.4 is 0 Å². The summed E-state index contributed by atoms with van der Waals surface area (Å²) in [4.78, 5) is 15.8. The lowest BCUT2D eigenvalue weighted by atomic mass is 10.1. The first-order valence-electron chi connectivity index (χ1n) is 6.70. The fourth-order valence-corrected chi connectivity index (χ4v) is 2.60. The topological polar surface area (TPSA) is 46.8 Å². The summed E-state index contributed by atoms with van der Waals surface area (Å²) < 4.78 is 2.08. The fraction of sp³-hybridized carbons (Fsp3) is 0.500. The van der Waals surface area contributed by atoms with Crippen LogP contribution in [0.4, 0.5) is 0 Å². The SMILES string of the molecule is Cc1ccnc([C@@H]2CCN(Cc3nccn3C)C2)n1. The Morgan fingerprint density at radius 2 is 2.21 bits per heavy atom. The van der Waals surface area contributed by atoms with Gasteiger partial charge in [0.05, 0.1) is 6.54 Å². The molecule has 19 heavy (non-hydrogen) atoms. The molecule has 3 rings (SSSR count). The van der Waals surface area contributed by atoms with Crippen molar-refractivity contribution in [2.24, 2.45) is 7.05 Å². The average molecular weight is 257 g/mol. The minimum atomic E-state index is 0.458. The molecule has 2 aromatic heterocycles. The molecule has 0 radical (unpaired) electrons. The van der Waals surface area contributed by atoms with E-state index in [2.05, 4.69) is 24.4 Å². The standard InChI is InChI=1S/C14H19N5/c1-11-3-5-16-14(17-11)12-4-7-19(9-12)10-13-15-6-8-18(13)2/h3,5-6,8,12H,4,7,9-10H2,1-2H3/t12-/m1/s1. The van der Waals surface area contributed by atoms with E-state index >= 15 is 0 Å². The first-order chi connectivity index (χ1) is 9.22. The van der Waals surface area contributed by atoms with Gasteiger partial charge in [0.15, 0.2) is 0 Å². The third-order valence-corrected chi connectivity index (χ3v) is 3.74. The lowest BCUT2D eigenvalue weighted by molar-refractivity contribution is 0.313. The summed E-state index contributed by atoms with van der Waals surface area (Å²) in [6.07, 6.45) is 6.84. The Morgan fingerprint density at radius 3 is 2.95 bits per heavy atom. The highest BCUT2D eigenvalue weighted by molar-refractivity contribution is 5.07. The van der Waals surface area contributed by atoms with E-state index in [0.717, 1.165) is 43.4 Å². The molecule has 1 aliphatic heterocycles. The lowest BCUT2D eigenvalue weighted by Crippen LogP contribution is -2.22. The van der Waals surface area contributed by atoms with Crippen LogP contribution in [0.1, 0.15) is 29.7 Å². The summed E-state index contributed by atoms with van der Waals surface area (Å²) in [7, 11) is 2.04. The molecule has 0 saturated carbocycles. The maximum atomic E-state index is 4.55. The predicted molar refractivity (Wildman–Crippen MR) is 72.6 cm³/mol. The summed E-state index contributed by atoms with van der Waals surface area (Å²) in [6, 6.07) is 1.95. The second-order valence-electron chi connectivity index (χ2n) is 5.23. The second kappa shape index (κ2) is 5.09. The van der Waals surface area contributed by atoms with Crippen molar-refractivity contribution in [3.8, 4) is 0 Å². The Bertz CT molecular complexity index is 562. The molecule has 0 aromatic carbocycles. The monoisotopic (exact) mass is 257 g/mol. The van der Waals surface area contributed by atoms with E-state index < -0.39 is 0 Å². The molecule has 0 bridgehead atoms. The number of hydrogen-bond acceptors (Lipinski definition) is 4. The molecule has 100 valence electrons. The first kappa shape index (κ1) is 12.3. The Morgan fingerprint density at radius 1 is 1.32 bits per heavy atom. The molecule has 3 heterocycles. The molecule has 1 aliphatic rings. The molecule has 0 amide bonds. The van der Waals surface area contributed by atoms with Gasteiger partial charge in [0.25, 0.3) is 0 Å².